The van der Waals surface area contributed by atoms with Crippen molar-refractivity contribution in [3.8, 4) is 23.0 Å². The van der Waals surface area contributed by atoms with E-state index >= 15 is 0 Å². The molecule has 2 atom stereocenters. The molecule has 6 nitrogen and oxygen atoms in total. The van der Waals surface area contributed by atoms with E-state index in [4.69, 9.17) is 18.9 Å². The Kier molecular flexibility index (Phi) is 13.2. The van der Waals surface area contributed by atoms with Crippen LogP contribution in [-0.2, 0) is 20.4 Å². The molecule has 6 heteroatoms. The molecule has 2 unspecified atom stereocenters. The molecule has 0 radical (unpaired) electrons. The van der Waals surface area contributed by atoms with Crippen molar-refractivity contribution < 1.29 is 28.5 Å². The van der Waals surface area contributed by atoms with Gasteiger partial charge in [-0.25, -0.2) is 0 Å². The molecule has 1 aliphatic carbocycles. The van der Waals surface area contributed by atoms with E-state index in [0.717, 1.165) is 36.1 Å². The molecule has 1 fully saturated rings. The highest BCUT2D eigenvalue weighted by atomic mass is 16.5. The third-order valence-electron chi connectivity index (χ3n) is 13.8. The van der Waals surface area contributed by atoms with Gasteiger partial charge in [0.1, 0.15) is 39.6 Å². The Labute approximate surface area is 361 Å². The summed E-state index contributed by atoms with van der Waals surface area (Å²) in [5, 5.41) is 0. The molecule has 5 rings (SSSR count). The lowest BCUT2D eigenvalue weighted by Gasteiger charge is -2.48. The van der Waals surface area contributed by atoms with Gasteiger partial charge in [0.25, 0.3) is 0 Å². The van der Waals surface area contributed by atoms with Crippen molar-refractivity contribution >= 4 is 11.9 Å². The molecule has 0 amide bonds. The first-order valence-electron chi connectivity index (χ1n) is 22.0. The van der Waals surface area contributed by atoms with Gasteiger partial charge in [-0.2, -0.15) is 0 Å². The molecular weight excluding hydrogens is 745 g/mol. The van der Waals surface area contributed by atoms with Crippen LogP contribution in [0.1, 0.15) is 158 Å². The first kappa shape index (κ1) is 46.5. The number of carbonyl (C=O) groups is 2. The van der Waals surface area contributed by atoms with Crippen molar-refractivity contribution in [2.45, 2.75) is 158 Å². The van der Waals surface area contributed by atoms with Gasteiger partial charge in [-0.15, -0.1) is 0 Å². The van der Waals surface area contributed by atoms with Crippen molar-refractivity contribution in [3.05, 3.63) is 119 Å². The van der Waals surface area contributed by atoms with E-state index in [1.165, 1.54) is 17.5 Å². The van der Waals surface area contributed by atoms with Gasteiger partial charge >= 0.3 is 11.9 Å². The van der Waals surface area contributed by atoms with Gasteiger partial charge in [0.05, 0.1) is 5.41 Å². The van der Waals surface area contributed by atoms with E-state index in [1.54, 1.807) is 0 Å². The predicted molar refractivity (Wildman–Crippen MR) is 244 cm³/mol. The molecule has 4 aromatic carbocycles. The standard InChI is InChI=1S/C54H72O6/c1-16-49(6,7)46(55)57-42-26-18-38(19-27-42)51(10,11)39-20-30-45(31-21-39)60-53(14,15)52(12,13)47(56)58-43-28-22-40(23-29-43)54(35-37(3)34-48(4,5)36-54)41-24-32-44(33-25-41)59-50(8,9)17-2/h18-33,37H,16-17,34-36H2,1-15H3. The average Bonchev–Trinajstić information content (AvgIpc) is 3.17. The minimum Gasteiger partial charge on any atom is -0.488 e. The normalized spacial score (nSPS) is 18.7. The second kappa shape index (κ2) is 17.1. The number of hydrogen-bond acceptors (Lipinski definition) is 6. The molecular formula is C54H72O6. The SMILES string of the molecule is CCC(C)(C)Oc1ccc(C2(c3ccc(OC(=O)C(C)(C)C(C)(C)Oc4ccc(C(C)(C)c5ccc(OC(=O)C(C)(C)CC)cc5)cc4)cc3)CC(C)CC(C)(C)C2)cc1. The fourth-order valence-corrected chi connectivity index (χ4v) is 8.59. The first-order valence-corrected chi connectivity index (χ1v) is 22.0. The molecule has 0 saturated heterocycles. The third-order valence-corrected chi connectivity index (χ3v) is 13.8. The van der Waals surface area contributed by atoms with E-state index in [1.807, 2.05) is 97.0 Å². The zero-order valence-corrected chi connectivity index (χ0v) is 39.3. The molecule has 1 aliphatic rings. The number of rotatable bonds is 15. The van der Waals surface area contributed by atoms with Crippen LogP contribution in [0.25, 0.3) is 0 Å². The number of esters is 2. The van der Waals surface area contributed by atoms with Gasteiger partial charge in [-0.1, -0.05) is 97.0 Å². The zero-order chi connectivity index (χ0) is 44.5. The number of hydrogen-bond donors (Lipinski definition) is 0. The maximum atomic E-state index is 14.0. The fourth-order valence-electron chi connectivity index (χ4n) is 8.59. The molecule has 0 spiro atoms. The second-order valence-electron chi connectivity index (χ2n) is 21.1. The van der Waals surface area contributed by atoms with Crippen molar-refractivity contribution in [1.82, 2.24) is 0 Å². The Hall–Kier alpha value is -4.58. The minimum atomic E-state index is -0.999. The summed E-state index contributed by atoms with van der Waals surface area (Å²) in [4.78, 5) is 26.6. The summed E-state index contributed by atoms with van der Waals surface area (Å²) in [6.07, 6.45) is 4.87. The Balaban J connectivity index is 1.28. The quantitative estimate of drug-likeness (QED) is 0.0879. The van der Waals surface area contributed by atoms with Gasteiger partial charge in [0, 0.05) is 10.8 Å². The van der Waals surface area contributed by atoms with E-state index in [2.05, 4.69) is 104 Å². The van der Waals surface area contributed by atoms with Crippen molar-refractivity contribution in [2.24, 2.45) is 22.2 Å². The molecule has 1 saturated carbocycles. The topological polar surface area (TPSA) is 71.1 Å². The summed E-state index contributed by atoms with van der Waals surface area (Å²) in [6, 6.07) is 32.7. The molecule has 0 aliphatic heterocycles. The zero-order valence-electron chi connectivity index (χ0n) is 39.3. The molecule has 324 valence electrons. The Morgan fingerprint density at radius 1 is 0.567 bits per heavy atom. The van der Waals surface area contributed by atoms with Crippen LogP contribution in [-0.4, -0.2) is 23.1 Å². The monoisotopic (exact) mass is 817 g/mol. The number of ether oxygens (including phenoxy) is 4. The summed E-state index contributed by atoms with van der Waals surface area (Å²) in [5.41, 5.74) is 1.68. The van der Waals surface area contributed by atoms with Crippen LogP contribution in [0.15, 0.2) is 97.1 Å². The number of benzene rings is 4. The van der Waals surface area contributed by atoms with Gasteiger partial charge in [-0.3, -0.25) is 9.59 Å². The van der Waals surface area contributed by atoms with Crippen LogP contribution in [0.2, 0.25) is 0 Å². The molecule has 0 aromatic heterocycles. The lowest BCUT2D eigenvalue weighted by Crippen LogP contribution is -2.51. The highest BCUT2D eigenvalue weighted by Gasteiger charge is 2.48. The van der Waals surface area contributed by atoms with Crippen LogP contribution in [0.5, 0.6) is 23.0 Å². The van der Waals surface area contributed by atoms with Crippen LogP contribution in [0.4, 0.5) is 0 Å². The smallest absolute Gasteiger partial charge is 0.320 e. The van der Waals surface area contributed by atoms with E-state index in [-0.39, 0.29) is 33.8 Å². The fraction of sp³-hybridized carbons (Fsp3) is 0.519. The maximum absolute atomic E-state index is 14.0. The van der Waals surface area contributed by atoms with Gasteiger partial charge in [0.15, 0.2) is 0 Å². The highest BCUT2D eigenvalue weighted by Crippen LogP contribution is 2.54. The van der Waals surface area contributed by atoms with Crippen molar-refractivity contribution in [3.63, 3.8) is 0 Å². The van der Waals surface area contributed by atoms with Crippen LogP contribution in [0, 0.1) is 22.2 Å². The summed E-state index contributed by atoms with van der Waals surface area (Å²) >= 11 is 0. The summed E-state index contributed by atoms with van der Waals surface area (Å²) < 4.78 is 24.7. The largest absolute Gasteiger partial charge is 0.488 e. The molecule has 60 heavy (non-hydrogen) atoms. The van der Waals surface area contributed by atoms with E-state index < -0.39 is 16.4 Å². The van der Waals surface area contributed by atoms with E-state index in [0.29, 0.717) is 29.6 Å². The average molecular weight is 817 g/mol. The Bertz CT molecular complexity index is 2080. The lowest BCUT2D eigenvalue weighted by molar-refractivity contribution is -0.155. The summed E-state index contributed by atoms with van der Waals surface area (Å²) in [6.45, 7) is 31.2. The van der Waals surface area contributed by atoms with Gasteiger partial charge < -0.3 is 18.9 Å². The molecule has 4 aromatic rings. The molecule has 0 bridgehead atoms. The molecule has 0 N–H and O–H groups in total. The van der Waals surface area contributed by atoms with Crippen molar-refractivity contribution in [2.75, 3.05) is 0 Å². The maximum Gasteiger partial charge on any atom is 0.320 e. The Morgan fingerprint density at radius 3 is 1.43 bits per heavy atom. The highest BCUT2D eigenvalue weighted by molar-refractivity contribution is 5.80. The van der Waals surface area contributed by atoms with Crippen LogP contribution >= 0.6 is 0 Å². The second-order valence-corrected chi connectivity index (χ2v) is 21.1. The predicted octanol–water partition coefficient (Wildman–Crippen LogP) is 13.8. The van der Waals surface area contributed by atoms with Crippen LogP contribution < -0.4 is 18.9 Å². The summed E-state index contributed by atoms with van der Waals surface area (Å²) in [5.74, 6) is 2.55. The molecule has 0 heterocycles. The minimum absolute atomic E-state index is 0.158. The van der Waals surface area contributed by atoms with Gasteiger partial charge in [-0.05, 0) is 170 Å². The van der Waals surface area contributed by atoms with E-state index in [9.17, 15) is 9.59 Å². The third kappa shape index (κ3) is 10.1. The lowest BCUT2D eigenvalue weighted by atomic mass is 9.55. The van der Waals surface area contributed by atoms with Crippen LogP contribution in [0.3, 0.4) is 0 Å². The van der Waals surface area contributed by atoms with Crippen molar-refractivity contribution in [1.29, 1.82) is 0 Å². The number of carbonyl (C=O) groups excluding carboxylic acids is 2. The summed E-state index contributed by atoms with van der Waals surface area (Å²) in [7, 11) is 0. The van der Waals surface area contributed by atoms with Gasteiger partial charge in [0.2, 0.25) is 0 Å². The first-order chi connectivity index (χ1) is 27.8. The Morgan fingerprint density at radius 2 is 0.983 bits per heavy atom.